The van der Waals surface area contributed by atoms with Gasteiger partial charge in [0.05, 0.1) is 50.7 Å². The van der Waals surface area contributed by atoms with Gasteiger partial charge in [-0.2, -0.15) is 0 Å². The SMILES string of the molecule is CCCCCCCCCC/C=C\CCCCCCCCCC(=O)NC(COC1OC(CO)C(OC2OC(CO)C(O)C(OC3(C(=O)O)CC(O)C(NC(C)=O)C(C(O)C(O)CO)O3)C2O)C(O)C1O)C(O)/C=C/CCCCCCCCCCCCCCC. The molecule has 0 aromatic carbocycles. The molecule has 2 amide bonds. The van der Waals surface area contributed by atoms with E-state index in [1.165, 1.54) is 116 Å². The van der Waals surface area contributed by atoms with Gasteiger partial charge in [0, 0.05) is 19.8 Å². The normalized spacial score (nSPS) is 29.1. The molecule has 3 rings (SSSR count). The van der Waals surface area contributed by atoms with Crippen molar-refractivity contribution in [3.63, 3.8) is 0 Å². The van der Waals surface area contributed by atoms with Crippen LogP contribution in [0.15, 0.2) is 24.3 Å². The Balaban J connectivity index is 1.62. The lowest BCUT2D eigenvalue weighted by molar-refractivity contribution is -0.386. The molecule has 23 heteroatoms. The largest absolute Gasteiger partial charge is 0.477 e. The molecule has 3 fully saturated rings. The number of rotatable bonds is 50. The highest BCUT2D eigenvalue weighted by Gasteiger charge is 2.60. The Hall–Kier alpha value is -2.79. The number of hydrogen-bond donors (Lipinski definition) is 14. The number of carboxylic acid groups (broad SMARTS) is 1. The summed E-state index contributed by atoms with van der Waals surface area (Å²) in [6.45, 7) is 2.12. The summed E-state index contributed by atoms with van der Waals surface area (Å²) >= 11 is 0. The van der Waals surface area contributed by atoms with Gasteiger partial charge in [-0.1, -0.05) is 192 Å². The van der Waals surface area contributed by atoms with Crippen LogP contribution in [0.3, 0.4) is 0 Å². The van der Waals surface area contributed by atoms with Gasteiger partial charge in [0.15, 0.2) is 12.6 Å². The molecule has 23 nitrogen and oxygen atoms in total. The molecule has 3 aliphatic heterocycles. The molecular weight excluding hydrogens is 1140 g/mol. The summed E-state index contributed by atoms with van der Waals surface area (Å²) in [6, 6.07) is -2.62. The number of nitrogens with one attached hydrogen (secondary N) is 2. The van der Waals surface area contributed by atoms with Gasteiger partial charge < -0.3 is 100 Å². The third kappa shape index (κ3) is 29.0. The quantitative estimate of drug-likeness (QED) is 0.0272. The summed E-state index contributed by atoms with van der Waals surface area (Å²) in [5.41, 5.74) is 0. The fourth-order valence-electron chi connectivity index (χ4n) is 11.7. The maximum absolute atomic E-state index is 13.4. The molecular formula is C65H118N2O21. The first kappa shape index (κ1) is 79.4. The number of aliphatic hydroxyl groups excluding tert-OH is 11. The molecule has 3 saturated heterocycles. The van der Waals surface area contributed by atoms with Crippen LogP contribution in [-0.4, -0.2) is 215 Å². The first-order chi connectivity index (χ1) is 42.4. The maximum Gasteiger partial charge on any atom is 0.364 e. The molecule has 0 aliphatic carbocycles. The summed E-state index contributed by atoms with van der Waals surface area (Å²) in [7, 11) is 0. The minimum absolute atomic E-state index is 0.196. The van der Waals surface area contributed by atoms with E-state index in [1.54, 1.807) is 6.08 Å². The fraction of sp³-hybridized carbons (Fsp3) is 0.892. The molecule has 0 spiro atoms. The van der Waals surface area contributed by atoms with Crippen LogP contribution < -0.4 is 10.6 Å². The van der Waals surface area contributed by atoms with Crippen LogP contribution in [0.25, 0.3) is 0 Å². The summed E-state index contributed by atoms with van der Waals surface area (Å²) < 4.78 is 34.7. The first-order valence-electron chi connectivity index (χ1n) is 33.7. The number of ether oxygens (including phenoxy) is 6. The predicted molar refractivity (Wildman–Crippen MR) is 329 cm³/mol. The summed E-state index contributed by atoms with van der Waals surface area (Å²) in [6.07, 6.45) is 15.1. The third-order valence-electron chi connectivity index (χ3n) is 17.1. The van der Waals surface area contributed by atoms with Crippen molar-refractivity contribution in [1.29, 1.82) is 0 Å². The van der Waals surface area contributed by atoms with Crippen LogP contribution in [-0.2, 0) is 42.8 Å². The van der Waals surface area contributed by atoms with Gasteiger partial charge in [-0.05, 0) is 44.9 Å². The number of amides is 2. The highest BCUT2D eigenvalue weighted by atomic mass is 16.8. The highest BCUT2D eigenvalue weighted by Crippen LogP contribution is 2.39. The summed E-state index contributed by atoms with van der Waals surface area (Å²) in [5, 5.41) is 136. The standard InChI is InChI=1S/C65H118N2O21/c1-4-6-8-10-12-14-16-18-20-21-22-23-25-27-29-31-33-35-37-39-52(75)67-46(47(72)38-36-34-32-30-28-26-24-19-17-15-13-11-9-7-5-2)44-83-62-57(79)56(78)59(51(43-70)85-62)86-63-58(80)61(55(77)50(42-69)84-63)88-65(64(81)82)40-48(73)53(66-45(3)71)60(87-65)54(76)49(74)41-68/h21-22,36,38,46-51,53-63,68-70,72-74,76-80H,4-20,23-35,37,39-44H2,1-3H3,(H,66,71)(H,67,75)(H,81,82)/b22-21-,38-36+. The van der Waals surface area contributed by atoms with Crippen molar-refractivity contribution in [2.75, 3.05) is 26.4 Å². The van der Waals surface area contributed by atoms with Crippen LogP contribution in [0.1, 0.15) is 233 Å². The molecule has 0 bridgehead atoms. The van der Waals surface area contributed by atoms with Crippen molar-refractivity contribution in [1.82, 2.24) is 10.6 Å². The van der Waals surface area contributed by atoms with Crippen molar-refractivity contribution in [2.24, 2.45) is 0 Å². The van der Waals surface area contributed by atoms with E-state index in [1.807, 2.05) is 6.08 Å². The Labute approximate surface area is 523 Å². The van der Waals surface area contributed by atoms with Gasteiger partial charge in [-0.3, -0.25) is 9.59 Å². The molecule has 0 aromatic heterocycles. The van der Waals surface area contributed by atoms with Crippen molar-refractivity contribution < 1.29 is 104 Å². The number of carbonyl (C=O) groups is 3. The van der Waals surface area contributed by atoms with Crippen molar-refractivity contribution in [2.45, 2.75) is 342 Å². The number of unbranched alkanes of at least 4 members (excludes halogenated alkanes) is 28. The van der Waals surface area contributed by atoms with Gasteiger partial charge in [-0.25, -0.2) is 4.79 Å². The first-order valence-corrected chi connectivity index (χ1v) is 33.7. The average Bonchev–Trinajstić information content (AvgIpc) is 0.810. The number of allylic oxidation sites excluding steroid dienone is 3. The van der Waals surface area contributed by atoms with E-state index in [0.717, 1.165) is 77.6 Å². The molecule has 514 valence electrons. The second kappa shape index (κ2) is 46.3. The monoisotopic (exact) mass is 1260 g/mol. The molecule has 0 aromatic rings. The molecule has 18 atom stereocenters. The Morgan fingerprint density at radius 3 is 1.55 bits per heavy atom. The van der Waals surface area contributed by atoms with E-state index in [9.17, 15) is 75.7 Å². The second-order valence-electron chi connectivity index (χ2n) is 24.7. The maximum atomic E-state index is 13.4. The fourth-order valence-corrected chi connectivity index (χ4v) is 11.7. The van der Waals surface area contributed by atoms with E-state index >= 15 is 0 Å². The van der Waals surface area contributed by atoms with Crippen LogP contribution in [0.4, 0.5) is 0 Å². The van der Waals surface area contributed by atoms with Crippen LogP contribution in [0.5, 0.6) is 0 Å². The predicted octanol–water partition coefficient (Wildman–Crippen LogP) is 5.28. The van der Waals surface area contributed by atoms with Crippen LogP contribution in [0, 0.1) is 0 Å². The number of aliphatic carboxylic acids is 1. The van der Waals surface area contributed by atoms with E-state index in [0.29, 0.717) is 12.8 Å². The zero-order valence-electron chi connectivity index (χ0n) is 53.3. The molecule has 3 aliphatic rings. The summed E-state index contributed by atoms with van der Waals surface area (Å²) in [4.78, 5) is 38.5. The molecule has 88 heavy (non-hydrogen) atoms. The van der Waals surface area contributed by atoms with Gasteiger partial charge in [0.25, 0.3) is 5.79 Å². The topological polar surface area (TPSA) is 373 Å². The zero-order valence-corrected chi connectivity index (χ0v) is 53.3. The van der Waals surface area contributed by atoms with Gasteiger partial charge in [0.2, 0.25) is 11.8 Å². The van der Waals surface area contributed by atoms with Crippen LogP contribution >= 0.6 is 0 Å². The molecule has 0 saturated carbocycles. The number of hydrogen-bond acceptors (Lipinski definition) is 20. The van der Waals surface area contributed by atoms with Crippen molar-refractivity contribution in [3.8, 4) is 0 Å². The number of aliphatic hydroxyl groups is 11. The Morgan fingerprint density at radius 2 is 1.07 bits per heavy atom. The molecule has 14 N–H and O–H groups in total. The lowest BCUT2D eigenvalue weighted by Gasteiger charge is -2.50. The van der Waals surface area contributed by atoms with E-state index < -0.39 is 155 Å². The lowest BCUT2D eigenvalue weighted by Crippen LogP contribution is -2.70. The van der Waals surface area contributed by atoms with Gasteiger partial charge in [0.1, 0.15) is 67.1 Å². The molecule has 18 unspecified atom stereocenters. The van der Waals surface area contributed by atoms with E-state index in [2.05, 4.69) is 36.6 Å². The Bertz CT molecular complexity index is 1890. The average molecular weight is 1260 g/mol. The smallest absolute Gasteiger partial charge is 0.364 e. The zero-order chi connectivity index (χ0) is 64.7. The van der Waals surface area contributed by atoms with Crippen molar-refractivity contribution in [3.05, 3.63) is 24.3 Å². The van der Waals surface area contributed by atoms with Gasteiger partial charge >= 0.3 is 5.97 Å². The Morgan fingerprint density at radius 1 is 0.591 bits per heavy atom. The highest BCUT2D eigenvalue weighted by molar-refractivity contribution is 5.77. The van der Waals surface area contributed by atoms with Crippen LogP contribution in [0.2, 0.25) is 0 Å². The second-order valence-corrected chi connectivity index (χ2v) is 24.7. The van der Waals surface area contributed by atoms with E-state index in [4.69, 9.17) is 28.4 Å². The molecule has 3 heterocycles. The van der Waals surface area contributed by atoms with Crippen molar-refractivity contribution >= 4 is 17.8 Å². The third-order valence-corrected chi connectivity index (χ3v) is 17.1. The number of carbonyl (C=O) groups excluding carboxylic acids is 2. The Kier molecular flexibility index (Phi) is 41.8. The van der Waals surface area contributed by atoms with Gasteiger partial charge in [-0.15, -0.1) is 0 Å². The minimum atomic E-state index is -3.08. The lowest BCUT2D eigenvalue weighted by atomic mass is 9.88. The molecule has 0 radical (unpaired) electrons. The van der Waals surface area contributed by atoms with E-state index in [-0.39, 0.29) is 12.3 Å². The number of carboxylic acids is 1. The minimum Gasteiger partial charge on any atom is -0.477 e. The summed E-state index contributed by atoms with van der Waals surface area (Å²) in [5.74, 6) is -6.15.